The van der Waals surface area contributed by atoms with Gasteiger partial charge in [-0.1, -0.05) is 6.92 Å². The summed E-state index contributed by atoms with van der Waals surface area (Å²) >= 11 is 0. The van der Waals surface area contributed by atoms with Crippen LogP contribution in [0.15, 0.2) is 4.66 Å². The van der Waals surface area contributed by atoms with Gasteiger partial charge in [0.05, 0.1) is 0 Å². The normalized spacial score (nSPS) is 23.2. The number of hydrogen-bond acceptors (Lipinski definition) is 3. The van der Waals surface area contributed by atoms with Crippen LogP contribution in [0.2, 0.25) is 13.1 Å². The Hall–Kier alpha value is -0.353. The summed E-state index contributed by atoms with van der Waals surface area (Å²) in [5, 5.41) is 0. The minimum absolute atomic E-state index is 0.941. The standard InChI is InChI=1S/C5H12N2OSi/c1-4-5-6-8-9(2,3)7-5/h4H2,1-3H3,(H,6,7). The number of nitrogens with one attached hydrogen (secondary N) is 1. The van der Waals surface area contributed by atoms with Gasteiger partial charge in [0.25, 0.3) is 0 Å². The Kier molecular flexibility index (Phi) is 1.59. The molecule has 0 aliphatic carbocycles. The first-order valence-corrected chi connectivity index (χ1v) is 6.02. The van der Waals surface area contributed by atoms with E-state index in [-0.39, 0.29) is 0 Å². The van der Waals surface area contributed by atoms with Crippen molar-refractivity contribution in [2.75, 3.05) is 0 Å². The van der Waals surface area contributed by atoms with Crippen molar-refractivity contribution < 1.29 is 4.53 Å². The Balaban J connectivity index is 2.61. The highest BCUT2D eigenvalue weighted by molar-refractivity contribution is 6.71. The van der Waals surface area contributed by atoms with E-state index in [0.29, 0.717) is 0 Å². The molecule has 0 atom stereocenters. The van der Waals surface area contributed by atoms with Crippen LogP contribution in [0.4, 0.5) is 0 Å². The van der Waals surface area contributed by atoms with Gasteiger partial charge >= 0.3 is 8.48 Å². The largest absolute Gasteiger partial charge is 0.343 e. The van der Waals surface area contributed by atoms with Crippen LogP contribution in [0.3, 0.4) is 0 Å². The van der Waals surface area contributed by atoms with E-state index in [1.54, 1.807) is 0 Å². The van der Waals surface area contributed by atoms with Gasteiger partial charge in [-0.25, -0.2) is 0 Å². The van der Waals surface area contributed by atoms with Gasteiger partial charge in [0.2, 0.25) is 0 Å². The summed E-state index contributed by atoms with van der Waals surface area (Å²) in [6, 6.07) is 0. The average Bonchev–Trinajstić information content (AvgIpc) is 2.10. The van der Waals surface area contributed by atoms with Gasteiger partial charge in [-0.3, -0.25) is 14.7 Å². The molecule has 1 rings (SSSR count). The minimum Gasteiger partial charge on any atom is -0.293 e. The maximum absolute atomic E-state index is 5.23. The van der Waals surface area contributed by atoms with Crippen molar-refractivity contribution in [1.82, 2.24) is 5.48 Å². The van der Waals surface area contributed by atoms with Crippen LogP contribution < -0.4 is 5.48 Å². The Labute approximate surface area is 56.3 Å². The van der Waals surface area contributed by atoms with E-state index in [1.807, 2.05) is 0 Å². The summed E-state index contributed by atoms with van der Waals surface area (Å²) in [6.07, 6.45) is 0.941. The van der Waals surface area contributed by atoms with Crippen LogP contribution >= 0.6 is 0 Å². The molecule has 1 heterocycles. The molecule has 0 unspecified atom stereocenters. The molecule has 0 radical (unpaired) electrons. The second-order valence-corrected chi connectivity index (χ2v) is 5.88. The third-order valence-electron chi connectivity index (χ3n) is 1.16. The summed E-state index contributed by atoms with van der Waals surface area (Å²) in [7, 11) is -1.65. The van der Waals surface area contributed by atoms with Gasteiger partial charge in [-0.2, -0.15) is 0 Å². The molecule has 0 aromatic rings. The lowest BCUT2D eigenvalue weighted by atomic mass is 10.5. The van der Waals surface area contributed by atoms with Crippen molar-refractivity contribution in [2.45, 2.75) is 26.4 Å². The monoisotopic (exact) mass is 144 g/mol. The second kappa shape index (κ2) is 2.11. The molecular weight excluding hydrogens is 132 g/mol. The molecule has 1 aliphatic rings. The lowest BCUT2D eigenvalue weighted by molar-refractivity contribution is 0.265. The summed E-state index contributed by atoms with van der Waals surface area (Å²) in [5.41, 5.74) is 2.81. The number of rotatable bonds is 1. The zero-order valence-corrected chi connectivity index (χ0v) is 7.06. The maximum Gasteiger partial charge on any atom is 0.343 e. The third-order valence-corrected chi connectivity index (χ3v) is 2.57. The summed E-state index contributed by atoms with van der Waals surface area (Å²) in [5.74, 6) is 0.992. The lowest BCUT2D eigenvalue weighted by Crippen LogP contribution is -2.27. The van der Waals surface area contributed by atoms with Gasteiger partial charge in [0.1, 0.15) is 5.84 Å². The van der Waals surface area contributed by atoms with E-state index in [9.17, 15) is 0 Å². The summed E-state index contributed by atoms with van der Waals surface area (Å²) in [6.45, 7) is 6.18. The molecule has 0 saturated heterocycles. The molecule has 0 aromatic heterocycles. The van der Waals surface area contributed by atoms with E-state index in [0.717, 1.165) is 12.3 Å². The van der Waals surface area contributed by atoms with Gasteiger partial charge in [-0.15, -0.1) is 0 Å². The predicted molar refractivity (Wildman–Crippen MR) is 39.4 cm³/mol. The van der Waals surface area contributed by atoms with Crippen molar-refractivity contribution in [3.8, 4) is 0 Å². The SMILES string of the molecule is CCC1=N[Si](C)(C)ON1. The summed E-state index contributed by atoms with van der Waals surface area (Å²) in [4.78, 5) is 0. The molecule has 52 valence electrons. The Morgan fingerprint density at radius 3 is 2.56 bits per heavy atom. The third kappa shape index (κ3) is 1.52. The zero-order chi connectivity index (χ0) is 6.91. The lowest BCUT2D eigenvalue weighted by Gasteiger charge is -2.05. The van der Waals surface area contributed by atoms with E-state index in [4.69, 9.17) is 4.53 Å². The number of nitrogens with zero attached hydrogens (tertiary/aromatic N) is 1. The molecule has 4 heteroatoms. The van der Waals surface area contributed by atoms with Crippen LogP contribution in [-0.4, -0.2) is 14.3 Å². The average molecular weight is 144 g/mol. The molecule has 0 amide bonds. The highest BCUT2D eigenvalue weighted by atomic mass is 28.4. The van der Waals surface area contributed by atoms with Gasteiger partial charge < -0.3 is 0 Å². The van der Waals surface area contributed by atoms with E-state index >= 15 is 0 Å². The van der Waals surface area contributed by atoms with Gasteiger partial charge in [-0.05, 0) is 13.1 Å². The molecule has 0 spiro atoms. The van der Waals surface area contributed by atoms with Crippen molar-refractivity contribution >= 4 is 14.3 Å². The van der Waals surface area contributed by atoms with Crippen LogP contribution in [0.1, 0.15) is 13.3 Å². The molecular formula is C5H12N2OSi. The van der Waals surface area contributed by atoms with Crippen LogP contribution in [0, 0.1) is 0 Å². The molecule has 0 aromatic carbocycles. The minimum atomic E-state index is -1.65. The number of amidine groups is 1. The van der Waals surface area contributed by atoms with E-state index in [1.165, 1.54) is 0 Å². The molecule has 9 heavy (non-hydrogen) atoms. The first-order chi connectivity index (χ1) is 4.14. The molecule has 0 fully saturated rings. The highest BCUT2D eigenvalue weighted by Gasteiger charge is 2.28. The van der Waals surface area contributed by atoms with Gasteiger partial charge in [0, 0.05) is 6.42 Å². The molecule has 0 saturated carbocycles. The molecule has 1 N–H and O–H groups in total. The molecule has 1 aliphatic heterocycles. The quantitative estimate of drug-likeness (QED) is 0.558. The Morgan fingerprint density at radius 2 is 2.33 bits per heavy atom. The van der Waals surface area contributed by atoms with E-state index < -0.39 is 8.48 Å². The van der Waals surface area contributed by atoms with Crippen molar-refractivity contribution in [3.05, 3.63) is 0 Å². The fourth-order valence-corrected chi connectivity index (χ4v) is 1.97. The molecule has 3 nitrogen and oxygen atoms in total. The Morgan fingerprint density at radius 1 is 1.67 bits per heavy atom. The zero-order valence-electron chi connectivity index (χ0n) is 6.06. The predicted octanol–water partition coefficient (Wildman–Crippen LogP) is 1.03. The fraction of sp³-hybridized carbons (Fsp3) is 0.800. The first-order valence-electron chi connectivity index (χ1n) is 3.17. The topological polar surface area (TPSA) is 33.6 Å². The maximum atomic E-state index is 5.23. The van der Waals surface area contributed by atoms with Crippen LogP contribution in [0.5, 0.6) is 0 Å². The van der Waals surface area contributed by atoms with Crippen molar-refractivity contribution in [1.29, 1.82) is 0 Å². The Bertz CT molecular complexity index is 144. The second-order valence-electron chi connectivity index (χ2n) is 2.56. The smallest absolute Gasteiger partial charge is 0.293 e. The van der Waals surface area contributed by atoms with Crippen molar-refractivity contribution in [3.63, 3.8) is 0 Å². The first kappa shape index (κ1) is 6.76. The van der Waals surface area contributed by atoms with E-state index in [2.05, 4.69) is 30.2 Å². The number of hydrogen-bond donors (Lipinski definition) is 1. The fourth-order valence-electron chi connectivity index (χ4n) is 0.706. The highest BCUT2D eigenvalue weighted by Crippen LogP contribution is 2.10. The van der Waals surface area contributed by atoms with Crippen molar-refractivity contribution in [2.24, 2.45) is 4.66 Å². The summed E-state index contributed by atoms with van der Waals surface area (Å²) < 4.78 is 9.59. The van der Waals surface area contributed by atoms with Gasteiger partial charge in [0.15, 0.2) is 0 Å². The van der Waals surface area contributed by atoms with Crippen LogP contribution in [-0.2, 0) is 4.53 Å². The number of hydroxylamine groups is 1. The molecule has 0 bridgehead atoms. The van der Waals surface area contributed by atoms with Crippen LogP contribution in [0.25, 0.3) is 0 Å².